The van der Waals surface area contributed by atoms with Crippen LogP contribution in [-0.4, -0.2) is 35.3 Å². The summed E-state index contributed by atoms with van der Waals surface area (Å²) in [6.45, 7) is 0.248. The van der Waals surface area contributed by atoms with E-state index in [2.05, 4.69) is 20.1 Å². The minimum atomic E-state index is -3.50. The van der Waals surface area contributed by atoms with Gasteiger partial charge in [-0.25, -0.2) is 22.0 Å². The maximum atomic E-state index is 12.8. The summed E-state index contributed by atoms with van der Waals surface area (Å²) >= 11 is 5.84. The zero-order valence-corrected chi connectivity index (χ0v) is 14.6. The molecule has 0 unspecified atom stereocenters. The van der Waals surface area contributed by atoms with Gasteiger partial charge in [-0.3, -0.25) is 0 Å². The van der Waals surface area contributed by atoms with Gasteiger partial charge in [0, 0.05) is 19.3 Å². The summed E-state index contributed by atoms with van der Waals surface area (Å²) in [6, 6.07) is 9.21. The van der Waals surface area contributed by atoms with Gasteiger partial charge in [0.05, 0.1) is 5.75 Å². The van der Waals surface area contributed by atoms with Gasteiger partial charge in [0.15, 0.2) is 5.82 Å². The highest BCUT2D eigenvalue weighted by Crippen LogP contribution is 2.15. The van der Waals surface area contributed by atoms with Crippen LogP contribution in [0.15, 0.2) is 42.6 Å². The normalized spacial score (nSPS) is 11.8. The van der Waals surface area contributed by atoms with Gasteiger partial charge < -0.3 is 5.32 Å². The molecule has 2 aromatic heterocycles. The lowest BCUT2D eigenvalue weighted by molar-refractivity contribution is 0.581. The molecule has 2 heterocycles. The fourth-order valence-electron chi connectivity index (χ4n) is 2.21. The molecule has 1 aromatic carbocycles. The van der Waals surface area contributed by atoms with Crippen LogP contribution < -0.4 is 10.0 Å². The molecule has 0 spiro atoms. The number of fused-ring (bicyclic) bond motifs is 1. The molecule has 0 fully saturated rings. The van der Waals surface area contributed by atoms with Gasteiger partial charge in [0.1, 0.15) is 11.3 Å². The molecule has 0 aliphatic carbocycles. The third kappa shape index (κ3) is 4.65. The second kappa shape index (κ2) is 7.34. The highest BCUT2D eigenvalue weighted by molar-refractivity contribution is 7.89. The Kier molecular flexibility index (Phi) is 5.16. The maximum absolute atomic E-state index is 12.8. The standard InChI is InChI=1S/C15H15ClFN5O2S/c16-15-20-14(13-2-1-8-22(13)21-15)18-7-9-25(23,24)19-10-11-3-5-12(17)6-4-11/h1-6,8,19H,7,9-10H2,(H,18,20,21). The van der Waals surface area contributed by atoms with Crippen LogP contribution in [-0.2, 0) is 16.6 Å². The Morgan fingerprint density at radius 3 is 2.72 bits per heavy atom. The zero-order valence-electron chi connectivity index (χ0n) is 13.0. The summed E-state index contributed by atoms with van der Waals surface area (Å²) in [6.07, 6.45) is 1.72. The van der Waals surface area contributed by atoms with Gasteiger partial charge in [0.25, 0.3) is 0 Å². The average Bonchev–Trinajstić information content (AvgIpc) is 3.02. The van der Waals surface area contributed by atoms with E-state index in [9.17, 15) is 12.8 Å². The second-order valence-corrected chi connectivity index (χ2v) is 7.53. The summed E-state index contributed by atoms with van der Waals surface area (Å²) in [5, 5.41) is 7.01. The van der Waals surface area contributed by atoms with Crippen molar-refractivity contribution in [1.29, 1.82) is 0 Å². The van der Waals surface area contributed by atoms with Crippen molar-refractivity contribution in [3.63, 3.8) is 0 Å². The van der Waals surface area contributed by atoms with E-state index in [0.29, 0.717) is 16.9 Å². The second-order valence-electron chi connectivity index (χ2n) is 5.26. The van der Waals surface area contributed by atoms with Crippen molar-refractivity contribution in [2.45, 2.75) is 6.54 Å². The Hall–Kier alpha value is -2.23. The molecule has 3 aromatic rings. The molecule has 0 bridgehead atoms. The van der Waals surface area contributed by atoms with E-state index in [1.165, 1.54) is 24.3 Å². The summed E-state index contributed by atoms with van der Waals surface area (Å²) in [5.74, 6) is -0.0578. The Balaban J connectivity index is 1.56. The van der Waals surface area contributed by atoms with Crippen molar-refractivity contribution in [1.82, 2.24) is 19.3 Å². The molecule has 0 aliphatic rings. The molecule has 132 valence electrons. The lowest BCUT2D eigenvalue weighted by atomic mass is 10.2. The first-order valence-electron chi connectivity index (χ1n) is 7.39. The maximum Gasteiger partial charge on any atom is 0.243 e. The Morgan fingerprint density at radius 2 is 1.96 bits per heavy atom. The Bertz CT molecular complexity index is 975. The van der Waals surface area contributed by atoms with Gasteiger partial charge in [-0.2, -0.15) is 4.98 Å². The lowest BCUT2D eigenvalue weighted by Crippen LogP contribution is -2.29. The molecule has 0 amide bonds. The third-order valence-electron chi connectivity index (χ3n) is 3.44. The predicted molar refractivity (Wildman–Crippen MR) is 93.5 cm³/mol. The Labute approximate surface area is 148 Å². The number of nitrogens with one attached hydrogen (secondary N) is 2. The highest BCUT2D eigenvalue weighted by Gasteiger charge is 2.11. The fourth-order valence-corrected chi connectivity index (χ4v) is 3.28. The molecule has 0 radical (unpaired) electrons. The van der Waals surface area contributed by atoms with Crippen LogP contribution >= 0.6 is 11.6 Å². The molecule has 0 aliphatic heterocycles. The van der Waals surface area contributed by atoms with Crippen molar-refractivity contribution < 1.29 is 12.8 Å². The van der Waals surface area contributed by atoms with E-state index in [1.54, 1.807) is 22.8 Å². The first-order chi connectivity index (χ1) is 11.9. The summed E-state index contributed by atoms with van der Waals surface area (Å²) in [5.41, 5.74) is 1.37. The van der Waals surface area contributed by atoms with Crippen molar-refractivity contribution in [3.8, 4) is 0 Å². The molecule has 0 atom stereocenters. The topological polar surface area (TPSA) is 88.4 Å². The van der Waals surface area contributed by atoms with Crippen molar-refractivity contribution in [2.24, 2.45) is 0 Å². The lowest BCUT2D eigenvalue weighted by Gasteiger charge is -2.09. The predicted octanol–water partition coefficient (Wildman–Crippen LogP) is 2.05. The van der Waals surface area contributed by atoms with Crippen molar-refractivity contribution in [3.05, 3.63) is 59.3 Å². The highest BCUT2D eigenvalue weighted by atomic mass is 35.5. The summed E-state index contributed by atoms with van der Waals surface area (Å²) in [7, 11) is -3.50. The number of sulfonamides is 1. The molecule has 0 saturated heterocycles. The SMILES string of the molecule is O=S(=O)(CCNc1nc(Cl)nn2cccc12)NCc1ccc(F)cc1. The smallest absolute Gasteiger partial charge is 0.243 e. The van der Waals surface area contributed by atoms with E-state index in [-0.39, 0.29) is 29.9 Å². The molecule has 7 nitrogen and oxygen atoms in total. The van der Waals surface area contributed by atoms with E-state index in [1.807, 2.05) is 0 Å². The minimum Gasteiger partial charge on any atom is -0.367 e. The molecule has 2 N–H and O–H groups in total. The van der Waals surface area contributed by atoms with Crippen molar-refractivity contribution in [2.75, 3.05) is 17.6 Å². The first kappa shape index (κ1) is 17.6. The summed E-state index contributed by atoms with van der Waals surface area (Å²) < 4.78 is 41.0. The number of nitrogens with zero attached hydrogens (tertiary/aromatic N) is 3. The van der Waals surface area contributed by atoms with Gasteiger partial charge in [0.2, 0.25) is 15.3 Å². The molecule has 0 saturated carbocycles. The monoisotopic (exact) mass is 383 g/mol. The largest absolute Gasteiger partial charge is 0.367 e. The molecule has 10 heteroatoms. The van der Waals surface area contributed by atoms with Crippen LogP contribution in [0, 0.1) is 5.82 Å². The number of hydrogen-bond donors (Lipinski definition) is 2. The van der Waals surface area contributed by atoms with Crippen LogP contribution in [0.4, 0.5) is 10.2 Å². The number of hydrogen-bond acceptors (Lipinski definition) is 5. The number of halogens is 2. The van der Waals surface area contributed by atoms with Gasteiger partial charge in [-0.1, -0.05) is 12.1 Å². The van der Waals surface area contributed by atoms with Crippen LogP contribution in [0.3, 0.4) is 0 Å². The van der Waals surface area contributed by atoms with Crippen LogP contribution in [0.1, 0.15) is 5.56 Å². The quantitative estimate of drug-likeness (QED) is 0.652. The van der Waals surface area contributed by atoms with Gasteiger partial charge >= 0.3 is 0 Å². The van der Waals surface area contributed by atoms with E-state index >= 15 is 0 Å². The van der Waals surface area contributed by atoms with E-state index < -0.39 is 10.0 Å². The van der Waals surface area contributed by atoms with E-state index in [0.717, 1.165) is 0 Å². The van der Waals surface area contributed by atoms with Crippen LogP contribution in [0.25, 0.3) is 5.52 Å². The van der Waals surface area contributed by atoms with Crippen LogP contribution in [0.2, 0.25) is 5.28 Å². The van der Waals surface area contributed by atoms with Gasteiger partial charge in [-0.15, -0.1) is 5.10 Å². The average molecular weight is 384 g/mol. The van der Waals surface area contributed by atoms with Gasteiger partial charge in [-0.05, 0) is 41.4 Å². The zero-order chi connectivity index (χ0) is 17.9. The Morgan fingerprint density at radius 1 is 1.20 bits per heavy atom. The number of anilines is 1. The first-order valence-corrected chi connectivity index (χ1v) is 9.42. The minimum absolute atomic E-state index is 0.0588. The number of benzene rings is 1. The molecule has 3 rings (SSSR count). The number of rotatable bonds is 7. The van der Waals surface area contributed by atoms with Crippen molar-refractivity contribution >= 4 is 33.0 Å². The fraction of sp³-hybridized carbons (Fsp3) is 0.200. The van der Waals surface area contributed by atoms with E-state index in [4.69, 9.17) is 11.6 Å². The third-order valence-corrected chi connectivity index (χ3v) is 4.92. The molecular weight excluding hydrogens is 369 g/mol. The molecular formula is C15H15ClFN5O2S. The molecule has 25 heavy (non-hydrogen) atoms. The number of aromatic nitrogens is 3. The summed E-state index contributed by atoms with van der Waals surface area (Å²) in [4.78, 5) is 4.07. The van der Waals surface area contributed by atoms with Crippen LogP contribution in [0.5, 0.6) is 0 Å².